The summed E-state index contributed by atoms with van der Waals surface area (Å²) in [5.74, 6) is 0.0962. The first-order valence-electron chi connectivity index (χ1n) is 7.85. The van der Waals surface area contributed by atoms with Gasteiger partial charge in [-0.05, 0) is 18.9 Å². The van der Waals surface area contributed by atoms with Gasteiger partial charge in [0.25, 0.3) is 0 Å². The number of hydrogen-bond donors (Lipinski definition) is 0. The molecule has 0 N–H and O–H groups in total. The molecular weight excluding hydrogens is 294 g/mol. The number of anilines is 1. The Morgan fingerprint density at radius 1 is 1.14 bits per heavy atom. The number of aromatic nitrogens is 2. The first kappa shape index (κ1) is 16.6. The van der Waals surface area contributed by atoms with E-state index in [1.165, 1.54) is 24.2 Å². The lowest BCUT2D eigenvalue weighted by atomic mass is 10.1. The van der Waals surface area contributed by atoms with Gasteiger partial charge in [0.05, 0.1) is 6.42 Å². The van der Waals surface area contributed by atoms with Gasteiger partial charge in [0.1, 0.15) is 5.01 Å². The molecule has 2 rings (SSSR count). The van der Waals surface area contributed by atoms with E-state index in [4.69, 9.17) is 0 Å². The van der Waals surface area contributed by atoms with Crippen LogP contribution >= 0.6 is 11.3 Å². The van der Waals surface area contributed by atoms with Gasteiger partial charge in [0.15, 0.2) is 0 Å². The van der Waals surface area contributed by atoms with Crippen LogP contribution < -0.4 is 4.90 Å². The molecule has 0 aliphatic heterocycles. The normalized spacial score (nSPS) is 10.6. The third-order valence-corrected chi connectivity index (χ3v) is 4.34. The summed E-state index contributed by atoms with van der Waals surface area (Å²) in [6.07, 6.45) is 4.95. The largest absolute Gasteiger partial charge is 0.286 e. The van der Waals surface area contributed by atoms with Crippen LogP contribution in [0.25, 0.3) is 0 Å². The van der Waals surface area contributed by atoms with Gasteiger partial charge in [-0.2, -0.15) is 0 Å². The Kier molecular flexibility index (Phi) is 6.52. The minimum absolute atomic E-state index is 0.0962. The molecule has 0 spiro atoms. The zero-order chi connectivity index (χ0) is 15.8. The van der Waals surface area contributed by atoms with Crippen molar-refractivity contribution < 1.29 is 4.79 Å². The summed E-state index contributed by atoms with van der Waals surface area (Å²) < 4.78 is 0. The van der Waals surface area contributed by atoms with E-state index in [0.717, 1.165) is 35.1 Å². The zero-order valence-electron chi connectivity index (χ0n) is 13.3. The summed E-state index contributed by atoms with van der Waals surface area (Å²) in [6, 6.07) is 9.86. The molecule has 1 aromatic carbocycles. The lowest BCUT2D eigenvalue weighted by Crippen LogP contribution is -2.33. The molecule has 0 aliphatic rings. The van der Waals surface area contributed by atoms with E-state index in [1.807, 2.05) is 37.3 Å². The predicted octanol–water partition coefficient (Wildman–Crippen LogP) is 4.00. The van der Waals surface area contributed by atoms with Gasteiger partial charge in [-0.25, -0.2) is 0 Å². The van der Waals surface area contributed by atoms with Crippen LogP contribution in [0.1, 0.15) is 43.2 Å². The van der Waals surface area contributed by atoms with Crippen molar-refractivity contribution in [3.8, 4) is 0 Å². The fourth-order valence-electron chi connectivity index (χ4n) is 2.28. The molecule has 22 heavy (non-hydrogen) atoms. The molecule has 0 bridgehead atoms. The van der Waals surface area contributed by atoms with E-state index in [-0.39, 0.29) is 5.91 Å². The monoisotopic (exact) mass is 317 g/mol. The Morgan fingerprint density at radius 3 is 2.55 bits per heavy atom. The molecule has 0 radical (unpaired) electrons. The number of amides is 1. The number of unbranched alkanes of at least 4 members (excludes halogenated alkanes) is 3. The molecule has 0 saturated heterocycles. The van der Waals surface area contributed by atoms with Gasteiger partial charge >= 0.3 is 0 Å². The SMILES string of the molecule is CCCCCCN(C(=O)Cc1ccccc1)c1nnc(C)s1. The van der Waals surface area contributed by atoms with E-state index in [1.54, 1.807) is 4.90 Å². The molecule has 5 heteroatoms. The van der Waals surface area contributed by atoms with Gasteiger partial charge in [-0.3, -0.25) is 9.69 Å². The quantitative estimate of drug-likeness (QED) is 0.691. The van der Waals surface area contributed by atoms with Crippen molar-refractivity contribution in [1.82, 2.24) is 10.2 Å². The fourth-order valence-corrected chi connectivity index (χ4v) is 3.02. The van der Waals surface area contributed by atoms with Crippen molar-refractivity contribution in [3.63, 3.8) is 0 Å². The molecule has 4 nitrogen and oxygen atoms in total. The van der Waals surface area contributed by atoms with Crippen LogP contribution in [-0.4, -0.2) is 22.6 Å². The van der Waals surface area contributed by atoms with E-state index >= 15 is 0 Å². The summed E-state index contributed by atoms with van der Waals surface area (Å²) in [5, 5.41) is 9.80. The minimum atomic E-state index is 0.0962. The lowest BCUT2D eigenvalue weighted by Gasteiger charge is -2.19. The van der Waals surface area contributed by atoms with E-state index in [9.17, 15) is 4.79 Å². The summed E-state index contributed by atoms with van der Waals surface area (Å²) in [4.78, 5) is 14.4. The molecule has 0 fully saturated rings. The second kappa shape index (κ2) is 8.63. The van der Waals surface area contributed by atoms with Gasteiger partial charge in [0.2, 0.25) is 11.0 Å². The van der Waals surface area contributed by atoms with Crippen LogP contribution in [0.4, 0.5) is 5.13 Å². The molecular formula is C17H23N3OS. The Balaban J connectivity index is 2.04. The minimum Gasteiger partial charge on any atom is -0.286 e. The lowest BCUT2D eigenvalue weighted by molar-refractivity contribution is -0.118. The van der Waals surface area contributed by atoms with Crippen molar-refractivity contribution in [2.45, 2.75) is 46.0 Å². The van der Waals surface area contributed by atoms with Crippen molar-refractivity contribution in [2.24, 2.45) is 0 Å². The van der Waals surface area contributed by atoms with Crippen molar-refractivity contribution in [1.29, 1.82) is 0 Å². The number of carbonyl (C=O) groups is 1. The van der Waals surface area contributed by atoms with Crippen LogP contribution in [0, 0.1) is 6.92 Å². The molecule has 2 aromatic rings. The van der Waals surface area contributed by atoms with Gasteiger partial charge < -0.3 is 0 Å². The molecule has 0 saturated carbocycles. The maximum Gasteiger partial charge on any atom is 0.233 e. The second-order valence-electron chi connectivity index (χ2n) is 5.37. The maximum atomic E-state index is 12.7. The molecule has 118 valence electrons. The van der Waals surface area contributed by atoms with E-state index in [2.05, 4.69) is 17.1 Å². The molecule has 0 atom stereocenters. The first-order valence-corrected chi connectivity index (χ1v) is 8.66. The third kappa shape index (κ3) is 4.91. The van der Waals surface area contributed by atoms with E-state index in [0.29, 0.717) is 6.42 Å². The smallest absolute Gasteiger partial charge is 0.233 e. The van der Waals surface area contributed by atoms with Crippen molar-refractivity contribution >= 4 is 22.4 Å². The average Bonchev–Trinajstić information content (AvgIpc) is 2.94. The molecule has 0 unspecified atom stereocenters. The van der Waals surface area contributed by atoms with Gasteiger partial charge in [-0.1, -0.05) is 67.9 Å². The average molecular weight is 317 g/mol. The highest BCUT2D eigenvalue weighted by atomic mass is 32.1. The third-order valence-electron chi connectivity index (χ3n) is 3.48. The standard InChI is InChI=1S/C17H23N3OS/c1-3-4-5-9-12-20(17-19-18-14(2)22-17)16(21)13-15-10-7-6-8-11-15/h6-8,10-11H,3-5,9,12-13H2,1-2H3. The zero-order valence-corrected chi connectivity index (χ0v) is 14.1. The number of benzene rings is 1. The number of aryl methyl sites for hydroxylation is 1. The highest BCUT2D eigenvalue weighted by molar-refractivity contribution is 7.15. The molecule has 1 aromatic heterocycles. The predicted molar refractivity (Wildman–Crippen MR) is 91.3 cm³/mol. The van der Waals surface area contributed by atoms with Crippen molar-refractivity contribution in [2.75, 3.05) is 11.4 Å². The van der Waals surface area contributed by atoms with Gasteiger partial charge in [0, 0.05) is 6.54 Å². The highest BCUT2D eigenvalue weighted by Gasteiger charge is 2.19. The maximum absolute atomic E-state index is 12.7. The Hall–Kier alpha value is -1.75. The van der Waals surface area contributed by atoms with Crippen LogP contribution in [0.5, 0.6) is 0 Å². The Morgan fingerprint density at radius 2 is 1.91 bits per heavy atom. The Labute approximate surface area is 136 Å². The topological polar surface area (TPSA) is 46.1 Å². The molecule has 0 aliphatic carbocycles. The number of carbonyl (C=O) groups excluding carboxylic acids is 1. The summed E-state index contributed by atoms with van der Waals surface area (Å²) in [7, 11) is 0. The van der Waals surface area contributed by atoms with Crippen LogP contribution in [0.3, 0.4) is 0 Å². The fraction of sp³-hybridized carbons (Fsp3) is 0.471. The summed E-state index contributed by atoms with van der Waals surface area (Å²) in [5.41, 5.74) is 1.03. The van der Waals surface area contributed by atoms with E-state index < -0.39 is 0 Å². The summed E-state index contributed by atoms with van der Waals surface area (Å²) in [6.45, 7) is 4.82. The van der Waals surface area contributed by atoms with Gasteiger partial charge in [-0.15, -0.1) is 10.2 Å². The Bertz CT molecular complexity index is 583. The first-order chi connectivity index (χ1) is 10.7. The number of nitrogens with zero attached hydrogens (tertiary/aromatic N) is 3. The molecule has 1 amide bonds. The number of rotatable bonds is 8. The second-order valence-corrected chi connectivity index (χ2v) is 6.53. The van der Waals surface area contributed by atoms with Crippen LogP contribution in [0.15, 0.2) is 30.3 Å². The van der Waals surface area contributed by atoms with Crippen molar-refractivity contribution in [3.05, 3.63) is 40.9 Å². The summed E-state index contributed by atoms with van der Waals surface area (Å²) >= 11 is 1.48. The number of hydrogen-bond acceptors (Lipinski definition) is 4. The molecule has 1 heterocycles. The van der Waals surface area contributed by atoms with Crippen LogP contribution in [0.2, 0.25) is 0 Å². The highest BCUT2D eigenvalue weighted by Crippen LogP contribution is 2.21. The van der Waals surface area contributed by atoms with Crippen LogP contribution in [-0.2, 0) is 11.2 Å².